The first-order valence-corrected chi connectivity index (χ1v) is 6.99. The van der Waals surface area contributed by atoms with E-state index < -0.39 is 0 Å². The summed E-state index contributed by atoms with van der Waals surface area (Å²) < 4.78 is 5.78. The second kappa shape index (κ2) is 5.74. The summed E-state index contributed by atoms with van der Waals surface area (Å²) in [4.78, 5) is 23.1. The molecule has 4 nitrogen and oxygen atoms in total. The van der Waals surface area contributed by atoms with Gasteiger partial charge in [-0.1, -0.05) is 13.0 Å². The summed E-state index contributed by atoms with van der Waals surface area (Å²) in [6, 6.07) is 5.62. The quantitative estimate of drug-likeness (QED) is 0.866. The van der Waals surface area contributed by atoms with E-state index in [1.54, 1.807) is 0 Å². The maximum atomic E-state index is 11.7. The molecule has 1 aliphatic rings. The molecule has 2 rings (SSSR count). The summed E-state index contributed by atoms with van der Waals surface area (Å²) in [5.74, 6) is -0.224. The van der Waals surface area contributed by atoms with E-state index in [2.05, 4.69) is 21.2 Å². The van der Waals surface area contributed by atoms with E-state index in [0.29, 0.717) is 11.6 Å². The molecular formula is C14H16BrNO3. The number of carbonyl (C=O) groups is 2. The average molecular weight is 326 g/mol. The van der Waals surface area contributed by atoms with Gasteiger partial charge in [0.1, 0.15) is 0 Å². The third kappa shape index (κ3) is 3.80. The highest BCUT2D eigenvalue weighted by Gasteiger charge is 2.40. The van der Waals surface area contributed by atoms with Gasteiger partial charge in [0.05, 0.1) is 11.6 Å². The van der Waals surface area contributed by atoms with Crippen LogP contribution in [0.5, 0.6) is 0 Å². The molecule has 0 bridgehead atoms. The van der Waals surface area contributed by atoms with Gasteiger partial charge in [0, 0.05) is 4.47 Å². The molecule has 2 atom stereocenters. The van der Waals surface area contributed by atoms with Gasteiger partial charge >= 0.3 is 5.97 Å². The molecule has 1 aromatic rings. The smallest absolute Gasteiger partial charge is 0.309 e. The Morgan fingerprint density at radius 3 is 2.74 bits per heavy atom. The minimum Gasteiger partial charge on any atom is -0.455 e. The van der Waals surface area contributed by atoms with E-state index in [1.807, 2.05) is 32.0 Å². The zero-order valence-corrected chi connectivity index (χ0v) is 12.5. The predicted molar refractivity (Wildman–Crippen MR) is 75.7 cm³/mol. The third-order valence-electron chi connectivity index (χ3n) is 3.16. The Morgan fingerprint density at radius 2 is 2.16 bits per heavy atom. The molecular weight excluding hydrogens is 310 g/mol. The molecule has 1 aromatic carbocycles. The number of halogens is 1. The minimum absolute atomic E-state index is 0.0149. The van der Waals surface area contributed by atoms with Crippen molar-refractivity contribution in [2.45, 2.75) is 20.3 Å². The summed E-state index contributed by atoms with van der Waals surface area (Å²) >= 11 is 3.37. The number of hydrogen-bond donors (Lipinski definition) is 1. The van der Waals surface area contributed by atoms with Gasteiger partial charge in [0.25, 0.3) is 5.91 Å². The van der Waals surface area contributed by atoms with Gasteiger partial charge in [-0.25, -0.2) is 0 Å². The molecule has 0 aliphatic heterocycles. The Bertz CT molecular complexity index is 515. The minimum atomic E-state index is -0.328. The molecule has 1 N–H and O–H groups in total. The first kappa shape index (κ1) is 14.1. The Morgan fingerprint density at radius 1 is 1.47 bits per heavy atom. The summed E-state index contributed by atoms with van der Waals surface area (Å²) in [6.07, 6.45) is 0.865. The molecule has 0 spiro atoms. The number of rotatable bonds is 4. The van der Waals surface area contributed by atoms with Crippen LogP contribution in [0.2, 0.25) is 0 Å². The standard InChI is InChI=1S/C14H16BrNO3/c1-8-3-4-12(11(15)5-8)16-13(17)7-19-14(18)10-6-9(10)2/h3-5,9-10H,6-7H2,1-2H3,(H,16,17)/t9-,10+/m0/s1. The molecule has 0 unspecified atom stereocenters. The first-order valence-electron chi connectivity index (χ1n) is 6.20. The largest absolute Gasteiger partial charge is 0.455 e. The summed E-state index contributed by atoms with van der Waals surface area (Å²) in [5, 5.41) is 2.70. The van der Waals surface area contributed by atoms with Crippen molar-refractivity contribution in [1.29, 1.82) is 0 Å². The van der Waals surface area contributed by atoms with Crippen molar-refractivity contribution >= 4 is 33.5 Å². The van der Waals surface area contributed by atoms with E-state index in [-0.39, 0.29) is 24.4 Å². The van der Waals surface area contributed by atoms with Crippen LogP contribution in [0.25, 0.3) is 0 Å². The number of esters is 1. The molecule has 0 radical (unpaired) electrons. The fraction of sp³-hybridized carbons (Fsp3) is 0.429. The van der Waals surface area contributed by atoms with E-state index in [1.165, 1.54) is 0 Å². The number of aryl methyl sites for hydroxylation is 1. The van der Waals surface area contributed by atoms with Gasteiger partial charge in [0.2, 0.25) is 0 Å². The fourth-order valence-electron chi connectivity index (χ4n) is 1.80. The predicted octanol–water partition coefficient (Wildman–Crippen LogP) is 2.90. The topological polar surface area (TPSA) is 55.4 Å². The van der Waals surface area contributed by atoms with Crippen molar-refractivity contribution in [2.75, 3.05) is 11.9 Å². The van der Waals surface area contributed by atoms with Gasteiger partial charge in [-0.3, -0.25) is 9.59 Å². The third-order valence-corrected chi connectivity index (χ3v) is 3.81. The van der Waals surface area contributed by atoms with Gasteiger partial charge in [-0.15, -0.1) is 0 Å². The number of benzene rings is 1. The van der Waals surface area contributed by atoms with Gasteiger partial charge in [-0.05, 0) is 52.9 Å². The van der Waals surface area contributed by atoms with Crippen LogP contribution in [0.15, 0.2) is 22.7 Å². The number of ether oxygens (including phenoxy) is 1. The van der Waals surface area contributed by atoms with Crippen LogP contribution in [0, 0.1) is 18.8 Å². The number of amides is 1. The van der Waals surface area contributed by atoms with Gasteiger partial charge in [0.15, 0.2) is 6.61 Å². The molecule has 0 saturated heterocycles. The zero-order valence-electron chi connectivity index (χ0n) is 10.9. The zero-order chi connectivity index (χ0) is 14.0. The second-order valence-corrected chi connectivity index (χ2v) is 5.81. The summed E-state index contributed by atoms with van der Waals surface area (Å²) in [5.41, 5.74) is 1.77. The number of nitrogens with one attached hydrogen (secondary N) is 1. The number of hydrogen-bond acceptors (Lipinski definition) is 3. The maximum absolute atomic E-state index is 11.7. The Labute approximate surface area is 120 Å². The van der Waals surface area contributed by atoms with E-state index in [0.717, 1.165) is 16.5 Å². The lowest BCUT2D eigenvalue weighted by Gasteiger charge is -2.08. The van der Waals surface area contributed by atoms with Crippen molar-refractivity contribution < 1.29 is 14.3 Å². The normalized spacial score (nSPS) is 20.8. The SMILES string of the molecule is Cc1ccc(NC(=O)COC(=O)[C@@H]2C[C@@H]2C)c(Br)c1. The fourth-order valence-corrected chi connectivity index (χ4v) is 2.39. The van der Waals surface area contributed by atoms with Crippen molar-refractivity contribution in [1.82, 2.24) is 0 Å². The highest BCUT2D eigenvalue weighted by atomic mass is 79.9. The summed E-state index contributed by atoms with van der Waals surface area (Å²) in [6.45, 7) is 3.73. The first-order chi connectivity index (χ1) is 8.97. The molecule has 102 valence electrons. The lowest BCUT2D eigenvalue weighted by molar-refractivity contribution is -0.148. The molecule has 0 heterocycles. The maximum Gasteiger partial charge on any atom is 0.309 e. The van der Waals surface area contributed by atoms with Crippen LogP contribution in [-0.2, 0) is 14.3 Å². The molecule has 1 fully saturated rings. The van der Waals surface area contributed by atoms with Crippen LogP contribution in [-0.4, -0.2) is 18.5 Å². The molecule has 0 aromatic heterocycles. The van der Waals surface area contributed by atoms with Crippen LogP contribution >= 0.6 is 15.9 Å². The Balaban J connectivity index is 1.82. The van der Waals surface area contributed by atoms with Crippen molar-refractivity contribution in [3.63, 3.8) is 0 Å². The highest BCUT2D eigenvalue weighted by Crippen LogP contribution is 2.38. The molecule has 5 heteroatoms. The average Bonchev–Trinajstić information content (AvgIpc) is 3.07. The van der Waals surface area contributed by atoms with Crippen molar-refractivity contribution in [3.05, 3.63) is 28.2 Å². The lowest BCUT2D eigenvalue weighted by atomic mass is 10.2. The molecule has 1 saturated carbocycles. The van der Waals surface area contributed by atoms with E-state index >= 15 is 0 Å². The molecule has 19 heavy (non-hydrogen) atoms. The lowest BCUT2D eigenvalue weighted by Crippen LogP contribution is -2.21. The number of anilines is 1. The number of carbonyl (C=O) groups excluding carboxylic acids is 2. The van der Waals surface area contributed by atoms with E-state index in [4.69, 9.17) is 4.74 Å². The second-order valence-electron chi connectivity index (χ2n) is 4.96. The van der Waals surface area contributed by atoms with Gasteiger partial charge in [-0.2, -0.15) is 0 Å². The van der Waals surface area contributed by atoms with Gasteiger partial charge < -0.3 is 10.1 Å². The van der Waals surface area contributed by atoms with Crippen molar-refractivity contribution in [3.8, 4) is 0 Å². The Hall–Kier alpha value is -1.36. The monoisotopic (exact) mass is 325 g/mol. The summed E-state index contributed by atoms with van der Waals surface area (Å²) in [7, 11) is 0. The van der Waals surface area contributed by atoms with Crippen LogP contribution in [0.1, 0.15) is 18.9 Å². The van der Waals surface area contributed by atoms with Crippen molar-refractivity contribution in [2.24, 2.45) is 11.8 Å². The van der Waals surface area contributed by atoms with Crippen LogP contribution < -0.4 is 5.32 Å². The molecule has 1 aliphatic carbocycles. The van der Waals surface area contributed by atoms with E-state index in [9.17, 15) is 9.59 Å². The van der Waals surface area contributed by atoms with Crippen LogP contribution in [0.4, 0.5) is 5.69 Å². The molecule has 1 amide bonds. The van der Waals surface area contributed by atoms with Crippen LogP contribution in [0.3, 0.4) is 0 Å². The highest BCUT2D eigenvalue weighted by molar-refractivity contribution is 9.10. The Kier molecular flexibility index (Phi) is 4.24.